The van der Waals surface area contributed by atoms with Gasteiger partial charge >= 0.3 is 0 Å². The van der Waals surface area contributed by atoms with Crippen LogP contribution in [0.15, 0.2) is 42.7 Å². The van der Waals surface area contributed by atoms with Gasteiger partial charge in [0.15, 0.2) is 0 Å². The van der Waals surface area contributed by atoms with Crippen LogP contribution < -0.4 is 10.6 Å². The lowest BCUT2D eigenvalue weighted by Crippen LogP contribution is -2.37. The predicted octanol–water partition coefficient (Wildman–Crippen LogP) is 2.24. The van der Waals surface area contributed by atoms with Gasteiger partial charge in [0.2, 0.25) is 0 Å². The first-order valence-corrected chi connectivity index (χ1v) is 7.29. The van der Waals surface area contributed by atoms with Crippen LogP contribution in [0.3, 0.4) is 0 Å². The molecule has 0 bridgehead atoms. The SMILES string of the molecule is Nc1cncc(N2CCC(OCc3ccccc3)CC2)n1. The summed E-state index contributed by atoms with van der Waals surface area (Å²) in [5.74, 6) is 1.33. The fourth-order valence-corrected chi connectivity index (χ4v) is 2.56. The number of rotatable bonds is 4. The molecule has 1 fully saturated rings. The van der Waals surface area contributed by atoms with E-state index in [1.54, 1.807) is 12.4 Å². The Morgan fingerprint density at radius 3 is 2.62 bits per heavy atom. The van der Waals surface area contributed by atoms with Crippen molar-refractivity contribution in [2.75, 3.05) is 23.7 Å². The fourth-order valence-electron chi connectivity index (χ4n) is 2.56. The molecular weight excluding hydrogens is 264 g/mol. The van der Waals surface area contributed by atoms with Crippen molar-refractivity contribution in [3.8, 4) is 0 Å². The van der Waals surface area contributed by atoms with Gasteiger partial charge in [-0.25, -0.2) is 4.98 Å². The molecule has 0 radical (unpaired) electrons. The van der Waals surface area contributed by atoms with Crippen LogP contribution in [0.1, 0.15) is 18.4 Å². The summed E-state index contributed by atoms with van der Waals surface area (Å²) in [4.78, 5) is 10.6. The Labute approximate surface area is 124 Å². The molecule has 1 aromatic carbocycles. The number of nitrogens with zero attached hydrogens (tertiary/aromatic N) is 3. The van der Waals surface area contributed by atoms with E-state index in [0.717, 1.165) is 31.7 Å². The maximum Gasteiger partial charge on any atom is 0.149 e. The first kappa shape index (κ1) is 13.8. The van der Waals surface area contributed by atoms with Crippen LogP contribution in [0.2, 0.25) is 0 Å². The molecule has 0 saturated carbocycles. The summed E-state index contributed by atoms with van der Waals surface area (Å²) in [6.07, 6.45) is 5.66. The molecule has 1 aliphatic rings. The average molecular weight is 284 g/mol. The maximum atomic E-state index is 5.99. The van der Waals surface area contributed by atoms with Crippen LogP contribution in [0, 0.1) is 0 Å². The van der Waals surface area contributed by atoms with Gasteiger partial charge in [0.1, 0.15) is 11.6 Å². The molecule has 2 heterocycles. The Balaban J connectivity index is 1.49. The number of benzene rings is 1. The lowest BCUT2D eigenvalue weighted by atomic mass is 10.1. The van der Waals surface area contributed by atoms with E-state index in [1.807, 2.05) is 18.2 Å². The van der Waals surface area contributed by atoms with E-state index >= 15 is 0 Å². The van der Waals surface area contributed by atoms with Gasteiger partial charge in [-0.05, 0) is 18.4 Å². The highest BCUT2D eigenvalue weighted by molar-refractivity contribution is 5.41. The van der Waals surface area contributed by atoms with E-state index in [-0.39, 0.29) is 0 Å². The van der Waals surface area contributed by atoms with E-state index < -0.39 is 0 Å². The minimum absolute atomic E-state index is 0.315. The van der Waals surface area contributed by atoms with Gasteiger partial charge in [0.05, 0.1) is 25.1 Å². The van der Waals surface area contributed by atoms with Crippen LogP contribution in [-0.4, -0.2) is 29.2 Å². The Morgan fingerprint density at radius 1 is 1.14 bits per heavy atom. The summed E-state index contributed by atoms with van der Waals surface area (Å²) in [6, 6.07) is 10.3. The Morgan fingerprint density at radius 2 is 1.90 bits per heavy atom. The van der Waals surface area contributed by atoms with Gasteiger partial charge in [0.25, 0.3) is 0 Å². The minimum Gasteiger partial charge on any atom is -0.382 e. The van der Waals surface area contributed by atoms with Gasteiger partial charge in [0, 0.05) is 13.1 Å². The molecule has 3 rings (SSSR count). The number of hydrogen-bond acceptors (Lipinski definition) is 5. The van der Waals surface area contributed by atoms with Gasteiger partial charge in [-0.3, -0.25) is 4.98 Å². The van der Waals surface area contributed by atoms with Crippen molar-refractivity contribution in [1.82, 2.24) is 9.97 Å². The molecule has 1 aliphatic heterocycles. The first-order chi connectivity index (χ1) is 10.3. The Kier molecular flexibility index (Phi) is 4.31. The third-order valence-electron chi connectivity index (χ3n) is 3.73. The number of anilines is 2. The number of hydrogen-bond donors (Lipinski definition) is 1. The molecule has 5 nitrogen and oxygen atoms in total. The van der Waals surface area contributed by atoms with E-state index in [0.29, 0.717) is 18.5 Å². The summed E-state index contributed by atoms with van der Waals surface area (Å²) < 4.78 is 5.99. The third-order valence-corrected chi connectivity index (χ3v) is 3.73. The monoisotopic (exact) mass is 284 g/mol. The summed E-state index contributed by atoms with van der Waals surface area (Å²) in [6.45, 7) is 2.54. The summed E-state index contributed by atoms with van der Waals surface area (Å²) in [7, 11) is 0. The number of piperidine rings is 1. The Bertz CT molecular complexity index is 567. The molecule has 2 aromatic rings. The second kappa shape index (κ2) is 6.54. The van der Waals surface area contributed by atoms with Crippen molar-refractivity contribution in [2.45, 2.75) is 25.6 Å². The molecule has 21 heavy (non-hydrogen) atoms. The maximum absolute atomic E-state index is 5.99. The van der Waals surface area contributed by atoms with Crippen LogP contribution in [0.5, 0.6) is 0 Å². The molecule has 110 valence electrons. The Hall–Kier alpha value is -2.14. The van der Waals surface area contributed by atoms with E-state index in [1.165, 1.54) is 5.56 Å². The number of ether oxygens (including phenoxy) is 1. The molecule has 0 atom stereocenters. The van der Waals surface area contributed by atoms with Crippen molar-refractivity contribution < 1.29 is 4.74 Å². The molecule has 5 heteroatoms. The van der Waals surface area contributed by atoms with Crippen molar-refractivity contribution in [3.63, 3.8) is 0 Å². The van der Waals surface area contributed by atoms with E-state index in [9.17, 15) is 0 Å². The highest BCUT2D eigenvalue weighted by Gasteiger charge is 2.20. The lowest BCUT2D eigenvalue weighted by Gasteiger charge is -2.32. The second-order valence-electron chi connectivity index (χ2n) is 5.29. The summed E-state index contributed by atoms with van der Waals surface area (Å²) in [5.41, 5.74) is 6.90. The van der Waals surface area contributed by atoms with E-state index in [4.69, 9.17) is 10.5 Å². The summed E-state index contributed by atoms with van der Waals surface area (Å²) >= 11 is 0. The highest BCUT2D eigenvalue weighted by Crippen LogP contribution is 2.20. The lowest BCUT2D eigenvalue weighted by molar-refractivity contribution is 0.0250. The summed E-state index contributed by atoms with van der Waals surface area (Å²) in [5, 5.41) is 0. The highest BCUT2D eigenvalue weighted by atomic mass is 16.5. The predicted molar refractivity (Wildman–Crippen MR) is 82.9 cm³/mol. The van der Waals surface area contributed by atoms with Crippen molar-refractivity contribution in [1.29, 1.82) is 0 Å². The standard InChI is InChI=1S/C16H20N4O/c17-15-10-18-11-16(19-15)20-8-6-14(7-9-20)21-12-13-4-2-1-3-5-13/h1-5,10-11,14H,6-9,12H2,(H2,17,19). The largest absolute Gasteiger partial charge is 0.382 e. The molecule has 0 spiro atoms. The second-order valence-corrected chi connectivity index (χ2v) is 5.29. The average Bonchev–Trinajstić information content (AvgIpc) is 2.54. The van der Waals surface area contributed by atoms with Crippen molar-refractivity contribution in [3.05, 3.63) is 48.3 Å². The van der Waals surface area contributed by atoms with Crippen LogP contribution in [0.4, 0.5) is 11.6 Å². The van der Waals surface area contributed by atoms with Gasteiger partial charge in [-0.1, -0.05) is 30.3 Å². The zero-order valence-corrected chi connectivity index (χ0v) is 12.0. The molecule has 1 saturated heterocycles. The number of nitrogens with two attached hydrogens (primary N) is 1. The van der Waals surface area contributed by atoms with Gasteiger partial charge in [-0.2, -0.15) is 0 Å². The van der Waals surface area contributed by atoms with Crippen molar-refractivity contribution in [2.24, 2.45) is 0 Å². The molecule has 2 N–H and O–H groups in total. The van der Waals surface area contributed by atoms with Crippen LogP contribution in [0.25, 0.3) is 0 Å². The smallest absolute Gasteiger partial charge is 0.149 e. The number of nitrogen functional groups attached to an aromatic ring is 1. The zero-order valence-electron chi connectivity index (χ0n) is 12.0. The quantitative estimate of drug-likeness (QED) is 0.933. The van der Waals surface area contributed by atoms with E-state index in [2.05, 4.69) is 27.0 Å². The molecule has 0 unspecified atom stereocenters. The molecule has 1 aromatic heterocycles. The van der Waals surface area contributed by atoms with Crippen LogP contribution in [-0.2, 0) is 11.3 Å². The molecular formula is C16H20N4O. The van der Waals surface area contributed by atoms with Crippen molar-refractivity contribution >= 4 is 11.6 Å². The minimum atomic E-state index is 0.315. The normalized spacial score (nSPS) is 16.1. The van der Waals surface area contributed by atoms with Crippen LogP contribution >= 0.6 is 0 Å². The first-order valence-electron chi connectivity index (χ1n) is 7.29. The van der Waals surface area contributed by atoms with Gasteiger partial charge in [-0.15, -0.1) is 0 Å². The fraction of sp³-hybridized carbons (Fsp3) is 0.375. The molecule has 0 amide bonds. The number of aromatic nitrogens is 2. The third kappa shape index (κ3) is 3.70. The zero-order chi connectivity index (χ0) is 14.5. The van der Waals surface area contributed by atoms with Gasteiger partial charge < -0.3 is 15.4 Å². The molecule has 0 aliphatic carbocycles. The topological polar surface area (TPSA) is 64.3 Å².